The number of nitrogens with zero attached hydrogens (tertiary/aromatic N) is 2. The fourth-order valence-electron chi connectivity index (χ4n) is 3.00. The first kappa shape index (κ1) is 17.4. The number of rotatable bonds is 9. The Morgan fingerprint density at radius 2 is 2.20 bits per heavy atom. The topological polar surface area (TPSA) is 55.8 Å². The highest BCUT2D eigenvalue weighted by molar-refractivity contribution is 5.73. The number of hydrogen-bond donors (Lipinski definition) is 2. The van der Waals surface area contributed by atoms with Gasteiger partial charge in [-0.2, -0.15) is 0 Å². The largest absolute Gasteiger partial charge is 0.480 e. The standard InChI is InChI=1S/C15H31N3O2/c1-5-18-9-6-7-13(18)11-17(4)10-8-14(15(19)20)16-12(2)3/h12-14,16H,5-11H2,1-4H3,(H,19,20). The van der Waals surface area contributed by atoms with Crippen LogP contribution in [0.3, 0.4) is 0 Å². The zero-order chi connectivity index (χ0) is 15.1. The zero-order valence-corrected chi connectivity index (χ0v) is 13.4. The lowest BCUT2D eigenvalue weighted by Crippen LogP contribution is -2.44. The van der Waals surface area contributed by atoms with E-state index >= 15 is 0 Å². The molecule has 118 valence electrons. The van der Waals surface area contributed by atoms with E-state index in [1.807, 2.05) is 13.8 Å². The number of likely N-dealkylation sites (tertiary alicyclic amines) is 1. The summed E-state index contributed by atoms with van der Waals surface area (Å²) in [6.07, 6.45) is 3.21. The molecule has 1 rings (SSSR count). The first-order valence-electron chi connectivity index (χ1n) is 7.85. The summed E-state index contributed by atoms with van der Waals surface area (Å²) in [5.74, 6) is -0.747. The minimum Gasteiger partial charge on any atom is -0.480 e. The molecule has 5 nitrogen and oxygen atoms in total. The van der Waals surface area contributed by atoms with E-state index in [2.05, 4.69) is 29.1 Å². The molecule has 1 fully saturated rings. The summed E-state index contributed by atoms with van der Waals surface area (Å²) >= 11 is 0. The van der Waals surface area contributed by atoms with E-state index in [1.165, 1.54) is 19.4 Å². The molecule has 1 aliphatic heterocycles. The summed E-state index contributed by atoms with van der Waals surface area (Å²) in [4.78, 5) is 16.0. The predicted molar refractivity (Wildman–Crippen MR) is 82.1 cm³/mol. The third-order valence-electron chi connectivity index (χ3n) is 4.06. The van der Waals surface area contributed by atoms with Gasteiger partial charge in [0, 0.05) is 18.6 Å². The molecule has 2 N–H and O–H groups in total. The van der Waals surface area contributed by atoms with Gasteiger partial charge in [-0.15, -0.1) is 0 Å². The van der Waals surface area contributed by atoms with Gasteiger partial charge < -0.3 is 15.3 Å². The first-order valence-corrected chi connectivity index (χ1v) is 7.85. The van der Waals surface area contributed by atoms with Gasteiger partial charge in [0.25, 0.3) is 0 Å². The second-order valence-electron chi connectivity index (χ2n) is 6.19. The second kappa shape index (κ2) is 8.60. The third-order valence-corrected chi connectivity index (χ3v) is 4.06. The molecule has 5 heteroatoms. The maximum Gasteiger partial charge on any atom is 0.320 e. The van der Waals surface area contributed by atoms with Crippen LogP contribution in [-0.2, 0) is 4.79 Å². The molecule has 1 saturated heterocycles. The van der Waals surface area contributed by atoms with Crippen LogP contribution in [0, 0.1) is 0 Å². The van der Waals surface area contributed by atoms with Crippen LogP contribution in [0.15, 0.2) is 0 Å². The van der Waals surface area contributed by atoms with E-state index in [9.17, 15) is 9.90 Å². The van der Waals surface area contributed by atoms with Gasteiger partial charge in [-0.1, -0.05) is 20.8 Å². The molecule has 0 spiro atoms. The van der Waals surface area contributed by atoms with Gasteiger partial charge in [-0.25, -0.2) is 0 Å². The number of carboxylic acid groups (broad SMARTS) is 1. The summed E-state index contributed by atoms with van der Waals surface area (Å²) < 4.78 is 0. The molecule has 0 aromatic rings. The molecule has 2 unspecified atom stereocenters. The number of carboxylic acids is 1. The number of nitrogens with one attached hydrogen (secondary N) is 1. The van der Waals surface area contributed by atoms with Crippen LogP contribution in [0.4, 0.5) is 0 Å². The number of likely N-dealkylation sites (N-methyl/N-ethyl adjacent to an activating group) is 2. The van der Waals surface area contributed by atoms with Crippen LogP contribution >= 0.6 is 0 Å². The lowest BCUT2D eigenvalue weighted by molar-refractivity contribution is -0.139. The number of aliphatic carboxylic acids is 1. The Balaban J connectivity index is 2.33. The van der Waals surface area contributed by atoms with E-state index in [0.29, 0.717) is 12.5 Å². The monoisotopic (exact) mass is 285 g/mol. The van der Waals surface area contributed by atoms with Crippen LogP contribution in [0.1, 0.15) is 40.0 Å². The minimum atomic E-state index is -0.747. The summed E-state index contributed by atoms with van der Waals surface area (Å²) in [6.45, 7) is 10.4. The van der Waals surface area contributed by atoms with Crippen LogP contribution in [0.2, 0.25) is 0 Å². The average Bonchev–Trinajstić information content (AvgIpc) is 2.80. The Hall–Kier alpha value is -0.650. The van der Waals surface area contributed by atoms with Gasteiger partial charge in [0.1, 0.15) is 6.04 Å². The van der Waals surface area contributed by atoms with Crippen molar-refractivity contribution in [3.05, 3.63) is 0 Å². The molecule has 2 atom stereocenters. The van der Waals surface area contributed by atoms with Crippen LogP contribution in [0.25, 0.3) is 0 Å². The number of carbonyl (C=O) groups is 1. The van der Waals surface area contributed by atoms with Gasteiger partial charge in [-0.05, 0) is 45.9 Å². The van der Waals surface area contributed by atoms with Crippen LogP contribution in [-0.4, -0.2) is 72.2 Å². The third kappa shape index (κ3) is 5.77. The van der Waals surface area contributed by atoms with Crippen molar-refractivity contribution in [1.29, 1.82) is 0 Å². The van der Waals surface area contributed by atoms with E-state index in [-0.39, 0.29) is 6.04 Å². The van der Waals surface area contributed by atoms with Crippen molar-refractivity contribution < 1.29 is 9.90 Å². The zero-order valence-electron chi connectivity index (χ0n) is 13.4. The Labute approximate surface area is 123 Å². The van der Waals surface area contributed by atoms with E-state index in [0.717, 1.165) is 19.6 Å². The maximum absolute atomic E-state index is 11.2. The first-order chi connectivity index (χ1) is 9.43. The Bertz CT molecular complexity index is 297. The molecule has 0 aromatic heterocycles. The van der Waals surface area contributed by atoms with Gasteiger partial charge in [0.15, 0.2) is 0 Å². The molecule has 0 aliphatic carbocycles. The summed E-state index contributed by atoms with van der Waals surface area (Å²) in [5.41, 5.74) is 0. The van der Waals surface area contributed by atoms with Crippen molar-refractivity contribution in [2.75, 3.05) is 33.2 Å². The predicted octanol–water partition coefficient (Wildman–Crippen LogP) is 1.24. The van der Waals surface area contributed by atoms with E-state index < -0.39 is 12.0 Å². The van der Waals surface area contributed by atoms with E-state index in [1.54, 1.807) is 0 Å². The summed E-state index contributed by atoms with van der Waals surface area (Å²) in [7, 11) is 2.10. The Kier molecular flexibility index (Phi) is 7.48. The fourth-order valence-corrected chi connectivity index (χ4v) is 3.00. The SMILES string of the molecule is CCN1CCCC1CN(C)CCC(NC(C)C)C(=O)O. The van der Waals surface area contributed by atoms with E-state index in [4.69, 9.17) is 0 Å². The van der Waals surface area contributed by atoms with Crippen molar-refractivity contribution in [2.24, 2.45) is 0 Å². The average molecular weight is 285 g/mol. The molecule has 1 aliphatic rings. The van der Waals surface area contributed by atoms with Crippen molar-refractivity contribution in [1.82, 2.24) is 15.1 Å². The molecule has 0 aromatic carbocycles. The van der Waals surface area contributed by atoms with Gasteiger partial charge in [-0.3, -0.25) is 9.69 Å². The summed E-state index contributed by atoms with van der Waals surface area (Å²) in [6, 6.07) is 0.404. The van der Waals surface area contributed by atoms with Gasteiger partial charge in [0.05, 0.1) is 0 Å². The molecule has 0 bridgehead atoms. The highest BCUT2D eigenvalue weighted by atomic mass is 16.4. The van der Waals surface area contributed by atoms with Crippen molar-refractivity contribution >= 4 is 5.97 Å². The molecule has 1 heterocycles. The molecular weight excluding hydrogens is 254 g/mol. The quantitative estimate of drug-likeness (QED) is 0.667. The molecule has 20 heavy (non-hydrogen) atoms. The van der Waals surface area contributed by atoms with Crippen molar-refractivity contribution in [3.8, 4) is 0 Å². The fraction of sp³-hybridized carbons (Fsp3) is 0.933. The van der Waals surface area contributed by atoms with Crippen molar-refractivity contribution in [3.63, 3.8) is 0 Å². The second-order valence-corrected chi connectivity index (χ2v) is 6.19. The lowest BCUT2D eigenvalue weighted by atomic mass is 10.1. The maximum atomic E-state index is 11.2. The van der Waals surface area contributed by atoms with Crippen molar-refractivity contribution in [2.45, 2.75) is 58.2 Å². The highest BCUT2D eigenvalue weighted by Crippen LogP contribution is 2.17. The number of hydrogen-bond acceptors (Lipinski definition) is 4. The molecule has 0 amide bonds. The molecule has 0 saturated carbocycles. The Morgan fingerprint density at radius 1 is 1.50 bits per heavy atom. The van der Waals surface area contributed by atoms with Crippen LogP contribution in [0.5, 0.6) is 0 Å². The highest BCUT2D eigenvalue weighted by Gasteiger charge is 2.25. The molecule has 0 radical (unpaired) electrons. The summed E-state index contributed by atoms with van der Waals surface area (Å²) in [5, 5.41) is 12.3. The lowest BCUT2D eigenvalue weighted by Gasteiger charge is -2.28. The van der Waals surface area contributed by atoms with Crippen LogP contribution < -0.4 is 5.32 Å². The molecular formula is C15H31N3O2. The van der Waals surface area contributed by atoms with Gasteiger partial charge >= 0.3 is 5.97 Å². The smallest absolute Gasteiger partial charge is 0.320 e. The minimum absolute atomic E-state index is 0.201. The Morgan fingerprint density at radius 3 is 2.75 bits per heavy atom. The van der Waals surface area contributed by atoms with Gasteiger partial charge in [0.2, 0.25) is 0 Å². The normalized spacial score (nSPS) is 21.8.